The van der Waals surface area contributed by atoms with Crippen LogP contribution >= 0.6 is 23.4 Å². The molecule has 1 aromatic carbocycles. The first kappa shape index (κ1) is 20.7. The van der Waals surface area contributed by atoms with Crippen LogP contribution in [0.1, 0.15) is 18.3 Å². The van der Waals surface area contributed by atoms with Gasteiger partial charge in [0.1, 0.15) is 17.0 Å². The maximum Gasteiger partial charge on any atom is 0.435 e. The van der Waals surface area contributed by atoms with E-state index in [0.29, 0.717) is 28.1 Å². The number of imidazole rings is 2. The molecule has 0 aliphatic rings. The van der Waals surface area contributed by atoms with Gasteiger partial charge in [-0.25, -0.2) is 9.97 Å². The van der Waals surface area contributed by atoms with E-state index >= 15 is 0 Å². The number of nitrogens with one attached hydrogen (secondary N) is 1. The van der Waals surface area contributed by atoms with E-state index in [1.165, 1.54) is 0 Å². The summed E-state index contributed by atoms with van der Waals surface area (Å²) in [6.07, 6.45) is -4.59. The van der Waals surface area contributed by atoms with Gasteiger partial charge in [-0.1, -0.05) is 18.5 Å². The molecule has 3 heterocycles. The van der Waals surface area contributed by atoms with E-state index in [1.54, 1.807) is 35.5 Å². The standard InChI is InChI=1S/C19H16ClF3N6S/c1-3-30-9-13-15(26-16(24-13)10-4-6-11(20)7-5-10)18-25-12-8-14(19(21,22)23)27-28-17(12)29(18)2/h4-8H,3,9H2,1-2H3,(H,24,26). The van der Waals surface area contributed by atoms with Crippen molar-refractivity contribution in [3.05, 3.63) is 46.7 Å². The maximum absolute atomic E-state index is 13.0. The van der Waals surface area contributed by atoms with E-state index in [-0.39, 0.29) is 11.2 Å². The first-order chi connectivity index (χ1) is 14.3. The van der Waals surface area contributed by atoms with E-state index < -0.39 is 11.9 Å². The zero-order chi connectivity index (χ0) is 21.5. The highest BCUT2D eigenvalue weighted by Gasteiger charge is 2.34. The number of fused-ring (bicyclic) bond motifs is 1. The number of aromatic nitrogens is 6. The first-order valence-electron chi connectivity index (χ1n) is 8.98. The second-order valence-electron chi connectivity index (χ2n) is 6.49. The van der Waals surface area contributed by atoms with Gasteiger partial charge in [0, 0.05) is 29.5 Å². The Labute approximate surface area is 178 Å². The van der Waals surface area contributed by atoms with E-state index in [4.69, 9.17) is 16.6 Å². The fourth-order valence-electron chi connectivity index (χ4n) is 2.98. The highest BCUT2D eigenvalue weighted by Crippen LogP contribution is 2.32. The molecule has 0 atom stereocenters. The largest absolute Gasteiger partial charge is 0.435 e. The molecule has 0 saturated heterocycles. The normalized spacial score (nSPS) is 12.1. The molecule has 4 aromatic rings. The number of thioether (sulfide) groups is 1. The lowest BCUT2D eigenvalue weighted by Crippen LogP contribution is -2.09. The SMILES string of the molecule is CCSCc1[nH]c(-c2ccc(Cl)cc2)nc1-c1nc2cc(C(F)(F)F)nnc2n1C. The third kappa shape index (κ3) is 3.89. The van der Waals surface area contributed by atoms with Crippen molar-refractivity contribution in [3.8, 4) is 22.9 Å². The lowest BCUT2D eigenvalue weighted by atomic mass is 10.2. The van der Waals surface area contributed by atoms with Crippen LogP contribution in [0, 0.1) is 0 Å². The molecule has 6 nitrogen and oxygen atoms in total. The molecule has 0 bridgehead atoms. The zero-order valence-corrected chi connectivity index (χ0v) is 17.5. The van der Waals surface area contributed by atoms with Crippen molar-refractivity contribution < 1.29 is 13.2 Å². The van der Waals surface area contributed by atoms with E-state index in [9.17, 15) is 13.2 Å². The van der Waals surface area contributed by atoms with Gasteiger partial charge in [0.25, 0.3) is 0 Å². The summed E-state index contributed by atoms with van der Waals surface area (Å²) in [6.45, 7) is 2.05. The number of alkyl halides is 3. The molecule has 156 valence electrons. The van der Waals surface area contributed by atoms with Crippen LogP contribution in [0.5, 0.6) is 0 Å². The number of hydrogen-bond donors (Lipinski definition) is 1. The Morgan fingerprint density at radius 2 is 1.87 bits per heavy atom. The highest BCUT2D eigenvalue weighted by atomic mass is 35.5. The number of aryl methyl sites for hydroxylation is 1. The zero-order valence-electron chi connectivity index (χ0n) is 16.0. The number of H-pyrrole nitrogens is 1. The number of benzene rings is 1. The second kappa shape index (κ2) is 7.92. The van der Waals surface area contributed by atoms with Crippen LogP contribution in [0.25, 0.3) is 34.1 Å². The molecule has 1 N–H and O–H groups in total. The van der Waals surface area contributed by atoms with Crippen LogP contribution in [-0.2, 0) is 19.0 Å². The van der Waals surface area contributed by atoms with Crippen molar-refractivity contribution in [2.45, 2.75) is 18.9 Å². The Morgan fingerprint density at radius 1 is 1.13 bits per heavy atom. The van der Waals surface area contributed by atoms with Crippen LogP contribution in [0.3, 0.4) is 0 Å². The molecule has 3 aromatic heterocycles. The van der Waals surface area contributed by atoms with Gasteiger partial charge in [-0.05, 0) is 30.0 Å². The van der Waals surface area contributed by atoms with Crippen LogP contribution in [0.15, 0.2) is 30.3 Å². The van der Waals surface area contributed by atoms with Crippen molar-refractivity contribution >= 4 is 34.5 Å². The molecule has 0 fully saturated rings. The predicted molar refractivity (Wildman–Crippen MR) is 111 cm³/mol. The molecule has 0 aliphatic carbocycles. The lowest BCUT2D eigenvalue weighted by molar-refractivity contribution is -0.141. The number of aromatic amines is 1. The minimum Gasteiger partial charge on any atom is -0.341 e. The summed E-state index contributed by atoms with van der Waals surface area (Å²) in [5.41, 5.74) is 1.52. The summed E-state index contributed by atoms with van der Waals surface area (Å²) < 4.78 is 40.6. The topological polar surface area (TPSA) is 72.3 Å². The second-order valence-corrected chi connectivity index (χ2v) is 8.20. The summed E-state index contributed by atoms with van der Waals surface area (Å²) in [4.78, 5) is 12.4. The van der Waals surface area contributed by atoms with Crippen LogP contribution in [0.4, 0.5) is 13.2 Å². The molecule has 0 spiro atoms. The predicted octanol–water partition coefficient (Wildman–Crippen LogP) is 5.35. The summed E-state index contributed by atoms with van der Waals surface area (Å²) in [5, 5.41) is 7.64. The van der Waals surface area contributed by atoms with Gasteiger partial charge in [0.15, 0.2) is 17.2 Å². The fourth-order valence-corrected chi connectivity index (χ4v) is 3.73. The van der Waals surface area contributed by atoms with Gasteiger partial charge < -0.3 is 9.55 Å². The Hall–Kier alpha value is -2.59. The van der Waals surface area contributed by atoms with E-state index in [0.717, 1.165) is 23.1 Å². The van der Waals surface area contributed by atoms with Gasteiger partial charge in [0.05, 0.1) is 5.69 Å². The summed E-state index contributed by atoms with van der Waals surface area (Å²) in [5.74, 6) is 2.59. The highest BCUT2D eigenvalue weighted by molar-refractivity contribution is 7.98. The Balaban J connectivity index is 1.84. The number of halogens is 4. The summed E-state index contributed by atoms with van der Waals surface area (Å²) in [7, 11) is 1.68. The van der Waals surface area contributed by atoms with Gasteiger partial charge >= 0.3 is 6.18 Å². The third-order valence-electron chi connectivity index (χ3n) is 4.47. The number of hydrogen-bond acceptors (Lipinski definition) is 5. The molecule has 0 saturated carbocycles. The molecular weight excluding hydrogens is 437 g/mol. The Bertz CT molecular complexity index is 1200. The van der Waals surface area contributed by atoms with Crippen LogP contribution in [0.2, 0.25) is 5.02 Å². The van der Waals surface area contributed by atoms with E-state index in [1.807, 2.05) is 19.1 Å². The smallest absolute Gasteiger partial charge is 0.341 e. The van der Waals surface area contributed by atoms with Crippen molar-refractivity contribution in [2.75, 3.05) is 5.75 Å². The van der Waals surface area contributed by atoms with Gasteiger partial charge in [-0.15, -0.1) is 10.2 Å². The first-order valence-corrected chi connectivity index (χ1v) is 10.5. The van der Waals surface area contributed by atoms with Crippen molar-refractivity contribution in [2.24, 2.45) is 7.05 Å². The van der Waals surface area contributed by atoms with Gasteiger partial charge in [-0.2, -0.15) is 24.9 Å². The van der Waals surface area contributed by atoms with Crippen LogP contribution < -0.4 is 0 Å². The third-order valence-corrected chi connectivity index (χ3v) is 5.62. The molecule has 4 rings (SSSR count). The van der Waals surface area contributed by atoms with E-state index in [2.05, 4.69) is 20.2 Å². The van der Waals surface area contributed by atoms with Gasteiger partial charge in [0.2, 0.25) is 0 Å². The lowest BCUT2D eigenvalue weighted by Gasteiger charge is -2.03. The van der Waals surface area contributed by atoms with Crippen molar-refractivity contribution in [1.29, 1.82) is 0 Å². The fraction of sp³-hybridized carbons (Fsp3) is 0.263. The quantitative estimate of drug-likeness (QED) is 0.442. The minimum atomic E-state index is -4.59. The van der Waals surface area contributed by atoms with Crippen molar-refractivity contribution in [3.63, 3.8) is 0 Å². The van der Waals surface area contributed by atoms with Crippen LogP contribution in [-0.4, -0.2) is 35.5 Å². The summed E-state index contributed by atoms with van der Waals surface area (Å²) in [6, 6.07) is 8.13. The van der Waals surface area contributed by atoms with Gasteiger partial charge in [-0.3, -0.25) is 0 Å². The molecule has 0 unspecified atom stereocenters. The molecular formula is C19H16ClF3N6S. The molecule has 0 radical (unpaired) electrons. The maximum atomic E-state index is 13.0. The Kier molecular flexibility index (Phi) is 5.46. The monoisotopic (exact) mass is 452 g/mol. The average molecular weight is 453 g/mol. The molecule has 0 amide bonds. The number of rotatable bonds is 5. The van der Waals surface area contributed by atoms with Crippen molar-refractivity contribution in [1.82, 2.24) is 29.7 Å². The average Bonchev–Trinajstić information content (AvgIpc) is 3.27. The molecule has 11 heteroatoms. The Morgan fingerprint density at radius 3 is 2.53 bits per heavy atom. The summed E-state index contributed by atoms with van der Waals surface area (Å²) >= 11 is 7.66. The molecule has 30 heavy (non-hydrogen) atoms. The number of nitrogens with zero attached hydrogens (tertiary/aromatic N) is 5. The minimum absolute atomic E-state index is 0.111. The molecule has 0 aliphatic heterocycles.